The van der Waals surface area contributed by atoms with Crippen LogP contribution in [0.4, 0.5) is 5.82 Å². The van der Waals surface area contributed by atoms with E-state index in [9.17, 15) is 4.79 Å². The number of amides is 1. The Bertz CT molecular complexity index is 971. The first-order valence-corrected chi connectivity index (χ1v) is 10.2. The standard InChI is InChI=1S/C23H26N6O/c1-18-15-21(27-23(26-18)20-7-9-24-10-8-20)29-13-11-28(12-14-29)17-22(30)25-16-19-5-3-2-4-6-19/h2-10,15H,11-14,16-17H2,1H3,(H,25,30). The first-order valence-electron chi connectivity index (χ1n) is 10.2. The number of aromatic nitrogens is 3. The molecular formula is C23H26N6O. The molecule has 4 rings (SSSR count). The molecule has 0 spiro atoms. The Morgan fingerprint density at radius 3 is 2.47 bits per heavy atom. The fourth-order valence-corrected chi connectivity index (χ4v) is 3.53. The van der Waals surface area contributed by atoms with Crippen LogP contribution < -0.4 is 10.2 Å². The maximum Gasteiger partial charge on any atom is 0.234 e. The van der Waals surface area contributed by atoms with Crippen molar-refractivity contribution in [1.29, 1.82) is 0 Å². The Hall–Kier alpha value is -3.32. The van der Waals surface area contributed by atoms with E-state index in [0.717, 1.165) is 54.6 Å². The van der Waals surface area contributed by atoms with Crippen molar-refractivity contribution in [2.45, 2.75) is 13.5 Å². The highest BCUT2D eigenvalue weighted by molar-refractivity contribution is 5.78. The van der Waals surface area contributed by atoms with Gasteiger partial charge in [0.25, 0.3) is 0 Å². The third kappa shape index (κ3) is 5.18. The van der Waals surface area contributed by atoms with E-state index in [4.69, 9.17) is 4.98 Å². The number of benzene rings is 1. The smallest absolute Gasteiger partial charge is 0.234 e. The average molecular weight is 403 g/mol. The second kappa shape index (κ2) is 9.45. The largest absolute Gasteiger partial charge is 0.354 e. The third-order valence-corrected chi connectivity index (χ3v) is 5.18. The van der Waals surface area contributed by atoms with Crippen LogP contribution >= 0.6 is 0 Å². The lowest BCUT2D eigenvalue weighted by molar-refractivity contribution is -0.122. The molecule has 1 fully saturated rings. The Morgan fingerprint density at radius 2 is 1.73 bits per heavy atom. The highest BCUT2D eigenvalue weighted by Crippen LogP contribution is 2.20. The fraction of sp³-hybridized carbons (Fsp3) is 0.304. The van der Waals surface area contributed by atoms with E-state index in [1.165, 1.54) is 0 Å². The highest BCUT2D eigenvalue weighted by Gasteiger charge is 2.20. The summed E-state index contributed by atoms with van der Waals surface area (Å²) in [6.07, 6.45) is 3.50. The van der Waals surface area contributed by atoms with Gasteiger partial charge in [0, 0.05) is 62.4 Å². The Labute approximate surface area is 176 Å². The molecule has 1 N–H and O–H groups in total. The SMILES string of the molecule is Cc1cc(N2CCN(CC(=O)NCc3ccccc3)CC2)nc(-c2ccncc2)n1. The molecule has 0 saturated carbocycles. The van der Waals surface area contributed by atoms with Crippen molar-refractivity contribution in [2.24, 2.45) is 0 Å². The van der Waals surface area contributed by atoms with E-state index in [1.54, 1.807) is 12.4 Å². The maximum absolute atomic E-state index is 12.3. The van der Waals surface area contributed by atoms with Gasteiger partial charge in [0.2, 0.25) is 5.91 Å². The normalized spacial score (nSPS) is 14.5. The molecule has 0 unspecified atom stereocenters. The van der Waals surface area contributed by atoms with Gasteiger partial charge in [-0.2, -0.15) is 0 Å². The maximum atomic E-state index is 12.3. The second-order valence-corrected chi connectivity index (χ2v) is 7.45. The zero-order chi connectivity index (χ0) is 20.8. The molecule has 1 amide bonds. The van der Waals surface area contributed by atoms with E-state index in [-0.39, 0.29) is 5.91 Å². The topological polar surface area (TPSA) is 74.2 Å². The number of pyridine rings is 1. The number of hydrogen-bond acceptors (Lipinski definition) is 6. The van der Waals surface area contributed by atoms with Gasteiger partial charge in [0.05, 0.1) is 6.54 Å². The van der Waals surface area contributed by atoms with Crippen LogP contribution in [0.1, 0.15) is 11.3 Å². The van der Waals surface area contributed by atoms with Crippen LogP contribution in [0.25, 0.3) is 11.4 Å². The summed E-state index contributed by atoms with van der Waals surface area (Å²) in [7, 11) is 0. The number of hydrogen-bond donors (Lipinski definition) is 1. The Balaban J connectivity index is 1.31. The molecule has 154 valence electrons. The molecule has 3 aromatic rings. The summed E-state index contributed by atoms with van der Waals surface area (Å²) in [6, 6.07) is 15.8. The number of aryl methyl sites for hydroxylation is 1. The van der Waals surface area contributed by atoms with Crippen LogP contribution in [0, 0.1) is 6.92 Å². The molecule has 1 aromatic carbocycles. The molecule has 0 bridgehead atoms. The minimum atomic E-state index is 0.0603. The van der Waals surface area contributed by atoms with Crippen LogP contribution in [0.5, 0.6) is 0 Å². The molecule has 7 heteroatoms. The van der Waals surface area contributed by atoms with Gasteiger partial charge in [-0.1, -0.05) is 30.3 Å². The van der Waals surface area contributed by atoms with Gasteiger partial charge in [-0.3, -0.25) is 14.7 Å². The number of rotatable bonds is 6. The molecule has 30 heavy (non-hydrogen) atoms. The molecule has 0 radical (unpaired) electrons. The van der Waals surface area contributed by atoms with E-state index in [0.29, 0.717) is 13.1 Å². The minimum Gasteiger partial charge on any atom is -0.354 e. The van der Waals surface area contributed by atoms with Crippen LogP contribution in [-0.2, 0) is 11.3 Å². The fourth-order valence-electron chi connectivity index (χ4n) is 3.53. The summed E-state index contributed by atoms with van der Waals surface area (Å²) in [5.74, 6) is 1.71. The molecule has 3 heterocycles. The lowest BCUT2D eigenvalue weighted by atomic mass is 10.2. The average Bonchev–Trinajstić information content (AvgIpc) is 2.79. The predicted octanol–water partition coefficient (Wildman–Crippen LogP) is 2.29. The second-order valence-electron chi connectivity index (χ2n) is 7.45. The summed E-state index contributed by atoms with van der Waals surface area (Å²) >= 11 is 0. The monoisotopic (exact) mass is 402 g/mol. The molecule has 0 atom stereocenters. The lowest BCUT2D eigenvalue weighted by Crippen LogP contribution is -2.49. The minimum absolute atomic E-state index is 0.0603. The molecule has 0 aliphatic carbocycles. The molecule has 1 aliphatic rings. The van der Waals surface area contributed by atoms with Crippen molar-refractivity contribution in [3.63, 3.8) is 0 Å². The first kappa shape index (κ1) is 20.0. The summed E-state index contributed by atoms with van der Waals surface area (Å²) in [5, 5.41) is 3.00. The zero-order valence-electron chi connectivity index (χ0n) is 17.2. The molecule has 2 aromatic heterocycles. The molecule has 1 aliphatic heterocycles. The number of anilines is 1. The van der Waals surface area contributed by atoms with Gasteiger partial charge >= 0.3 is 0 Å². The van der Waals surface area contributed by atoms with Crippen molar-refractivity contribution in [3.05, 3.63) is 72.2 Å². The van der Waals surface area contributed by atoms with Gasteiger partial charge < -0.3 is 10.2 Å². The number of nitrogens with zero attached hydrogens (tertiary/aromatic N) is 5. The van der Waals surface area contributed by atoms with Crippen molar-refractivity contribution in [1.82, 2.24) is 25.2 Å². The van der Waals surface area contributed by atoms with Gasteiger partial charge in [0.1, 0.15) is 5.82 Å². The van der Waals surface area contributed by atoms with Crippen LogP contribution in [0.3, 0.4) is 0 Å². The number of nitrogens with one attached hydrogen (secondary N) is 1. The molecule has 1 saturated heterocycles. The van der Waals surface area contributed by atoms with Crippen molar-refractivity contribution in [2.75, 3.05) is 37.6 Å². The molecule has 7 nitrogen and oxygen atoms in total. The quantitative estimate of drug-likeness (QED) is 0.682. The van der Waals surface area contributed by atoms with E-state index >= 15 is 0 Å². The van der Waals surface area contributed by atoms with E-state index in [2.05, 4.69) is 25.1 Å². The Morgan fingerprint density at radius 1 is 1.00 bits per heavy atom. The van der Waals surface area contributed by atoms with Gasteiger partial charge in [-0.25, -0.2) is 9.97 Å². The third-order valence-electron chi connectivity index (χ3n) is 5.18. The van der Waals surface area contributed by atoms with Crippen molar-refractivity contribution >= 4 is 11.7 Å². The van der Waals surface area contributed by atoms with E-state index < -0.39 is 0 Å². The highest BCUT2D eigenvalue weighted by atomic mass is 16.2. The zero-order valence-corrected chi connectivity index (χ0v) is 17.2. The van der Waals surface area contributed by atoms with Crippen LogP contribution in [0.2, 0.25) is 0 Å². The van der Waals surface area contributed by atoms with Crippen molar-refractivity contribution in [3.8, 4) is 11.4 Å². The first-order chi connectivity index (χ1) is 14.7. The molecular weight excluding hydrogens is 376 g/mol. The van der Waals surface area contributed by atoms with Crippen LogP contribution in [-0.4, -0.2) is 58.5 Å². The van der Waals surface area contributed by atoms with Crippen LogP contribution in [0.15, 0.2) is 60.9 Å². The number of piperazine rings is 1. The summed E-state index contributed by atoms with van der Waals surface area (Å²) in [6.45, 7) is 6.29. The van der Waals surface area contributed by atoms with E-state index in [1.807, 2.05) is 55.5 Å². The number of carbonyl (C=O) groups excluding carboxylic acids is 1. The van der Waals surface area contributed by atoms with Gasteiger partial charge in [0.15, 0.2) is 5.82 Å². The predicted molar refractivity (Wildman–Crippen MR) is 117 cm³/mol. The summed E-state index contributed by atoms with van der Waals surface area (Å²) in [5.41, 5.74) is 3.01. The van der Waals surface area contributed by atoms with Gasteiger partial charge in [-0.15, -0.1) is 0 Å². The number of carbonyl (C=O) groups is 1. The van der Waals surface area contributed by atoms with Crippen molar-refractivity contribution < 1.29 is 4.79 Å². The summed E-state index contributed by atoms with van der Waals surface area (Å²) < 4.78 is 0. The lowest BCUT2D eigenvalue weighted by Gasteiger charge is -2.35. The summed E-state index contributed by atoms with van der Waals surface area (Å²) in [4.78, 5) is 30.1. The van der Waals surface area contributed by atoms with Gasteiger partial charge in [-0.05, 0) is 24.6 Å². The Kier molecular flexibility index (Phi) is 6.29.